The zero-order valence-electron chi connectivity index (χ0n) is 15.4. The molecule has 0 aliphatic rings. The molecule has 0 saturated heterocycles. The number of H-pyrrole nitrogens is 1. The van der Waals surface area contributed by atoms with E-state index < -0.39 is 11.6 Å². The van der Waals surface area contributed by atoms with Crippen molar-refractivity contribution in [3.8, 4) is 0 Å². The third-order valence-corrected chi connectivity index (χ3v) is 4.59. The number of anilines is 2. The van der Waals surface area contributed by atoms with Gasteiger partial charge in [0.1, 0.15) is 17.3 Å². The Bertz CT molecular complexity index is 1150. The van der Waals surface area contributed by atoms with Crippen molar-refractivity contribution in [2.45, 2.75) is 6.42 Å². The molecule has 4 rings (SSSR count). The number of fused-ring (bicyclic) bond motifs is 1. The van der Waals surface area contributed by atoms with Crippen LogP contribution in [0.15, 0.2) is 67.1 Å². The molecule has 146 valence electrons. The second-order valence-electron chi connectivity index (χ2n) is 6.55. The first kappa shape index (κ1) is 18.6. The van der Waals surface area contributed by atoms with Crippen LogP contribution in [0.1, 0.15) is 15.9 Å². The van der Waals surface area contributed by atoms with Gasteiger partial charge in [0, 0.05) is 29.8 Å². The number of carbonyl (C=O) groups excluding carboxylic acids is 1. The van der Waals surface area contributed by atoms with Crippen molar-refractivity contribution in [2.75, 3.05) is 11.9 Å². The van der Waals surface area contributed by atoms with E-state index in [9.17, 15) is 13.6 Å². The van der Waals surface area contributed by atoms with E-state index in [-0.39, 0.29) is 11.6 Å². The van der Waals surface area contributed by atoms with Crippen LogP contribution >= 0.6 is 0 Å². The number of aromatic nitrogens is 2. The SMILES string of the molecule is O=C(NCCc1c[nH]c2ccccc12)c1cncc(Nc2c(F)cccc2F)c1. The number of nitrogens with one attached hydrogen (secondary N) is 3. The highest BCUT2D eigenvalue weighted by Gasteiger charge is 2.11. The molecule has 0 aliphatic carbocycles. The number of hydrogen-bond donors (Lipinski definition) is 3. The van der Waals surface area contributed by atoms with Crippen LogP contribution in [0, 0.1) is 11.6 Å². The quantitative estimate of drug-likeness (QED) is 0.451. The maximum atomic E-state index is 13.8. The number of carbonyl (C=O) groups is 1. The molecule has 1 amide bonds. The summed E-state index contributed by atoms with van der Waals surface area (Å²) in [6, 6.07) is 13.1. The average Bonchev–Trinajstić information content (AvgIpc) is 3.14. The van der Waals surface area contributed by atoms with Gasteiger partial charge < -0.3 is 15.6 Å². The van der Waals surface area contributed by atoms with Crippen LogP contribution in [0.3, 0.4) is 0 Å². The lowest BCUT2D eigenvalue weighted by molar-refractivity contribution is 0.0954. The van der Waals surface area contributed by atoms with E-state index in [0.717, 1.165) is 28.6 Å². The highest BCUT2D eigenvalue weighted by atomic mass is 19.1. The summed E-state index contributed by atoms with van der Waals surface area (Å²) < 4.78 is 27.6. The summed E-state index contributed by atoms with van der Waals surface area (Å²) in [6.07, 6.45) is 5.41. The molecule has 0 fully saturated rings. The molecule has 4 aromatic rings. The van der Waals surface area contributed by atoms with Crippen molar-refractivity contribution in [1.82, 2.24) is 15.3 Å². The maximum absolute atomic E-state index is 13.8. The molecular formula is C22H18F2N4O. The van der Waals surface area contributed by atoms with Crippen LogP contribution < -0.4 is 10.6 Å². The summed E-state index contributed by atoms with van der Waals surface area (Å²) >= 11 is 0. The fourth-order valence-electron chi connectivity index (χ4n) is 3.15. The van der Waals surface area contributed by atoms with Gasteiger partial charge in [-0.05, 0) is 36.2 Å². The smallest absolute Gasteiger partial charge is 0.252 e. The second-order valence-corrected chi connectivity index (χ2v) is 6.55. The third-order valence-electron chi connectivity index (χ3n) is 4.59. The van der Waals surface area contributed by atoms with Gasteiger partial charge in [-0.1, -0.05) is 24.3 Å². The molecule has 3 N–H and O–H groups in total. The van der Waals surface area contributed by atoms with Crippen molar-refractivity contribution >= 4 is 28.2 Å². The number of aromatic amines is 1. The Kier molecular flexibility index (Phi) is 5.20. The first-order valence-corrected chi connectivity index (χ1v) is 9.11. The standard InChI is InChI=1S/C22H18F2N4O/c23-18-5-3-6-19(24)21(18)28-16-10-15(11-25-13-16)22(29)26-9-8-14-12-27-20-7-2-1-4-17(14)20/h1-7,10-13,27-28H,8-9H2,(H,26,29). The van der Waals surface area contributed by atoms with E-state index in [1.165, 1.54) is 24.5 Å². The molecule has 0 spiro atoms. The van der Waals surface area contributed by atoms with Crippen molar-refractivity contribution in [3.05, 3.63) is 89.9 Å². The van der Waals surface area contributed by atoms with Gasteiger partial charge in [0.2, 0.25) is 0 Å². The number of pyridine rings is 1. The van der Waals surface area contributed by atoms with Gasteiger partial charge in [-0.3, -0.25) is 9.78 Å². The third kappa shape index (κ3) is 4.08. The fraction of sp³-hybridized carbons (Fsp3) is 0.0909. The molecule has 0 atom stereocenters. The Morgan fingerprint density at radius 1 is 1.03 bits per heavy atom. The number of rotatable bonds is 6. The van der Waals surface area contributed by atoms with Crippen LogP contribution in [0.2, 0.25) is 0 Å². The number of hydrogen-bond acceptors (Lipinski definition) is 3. The highest BCUT2D eigenvalue weighted by molar-refractivity contribution is 5.95. The van der Waals surface area contributed by atoms with Gasteiger partial charge >= 0.3 is 0 Å². The van der Waals surface area contributed by atoms with Gasteiger partial charge in [0.05, 0.1) is 17.4 Å². The Hall–Kier alpha value is -3.74. The van der Waals surface area contributed by atoms with E-state index in [1.54, 1.807) is 0 Å². The normalized spacial score (nSPS) is 10.8. The lowest BCUT2D eigenvalue weighted by atomic mass is 10.1. The maximum Gasteiger partial charge on any atom is 0.252 e. The molecule has 2 aromatic heterocycles. The van der Waals surface area contributed by atoms with Gasteiger partial charge in [-0.2, -0.15) is 0 Å². The van der Waals surface area contributed by atoms with Gasteiger partial charge in [0.25, 0.3) is 5.91 Å². The fourth-order valence-corrected chi connectivity index (χ4v) is 3.15. The van der Waals surface area contributed by atoms with E-state index in [4.69, 9.17) is 0 Å². The van der Waals surface area contributed by atoms with Gasteiger partial charge in [-0.15, -0.1) is 0 Å². The predicted octanol–water partition coefficient (Wildman–Crippen LogP) is 4.56. The molecule has 0 unspecified atom stereocenters. The second kappa shape index (κ2) is 8.10. The predicted molar refractivity (Wildman–Crippen MR) is 108 cm³/mol. The van der Waals surface area contributed by atoms with E-state index in [1.807, 2.05) is 30.5 Å². The van der Waals surface area contributed by atoms with E-state index in [2.05, 4.69) is 20.6 Å². The molecule has 5 nitrogen and oxygen atoms in total. The van der Waals surface area contributed by atoms with Crippen molar-refractivity contribution < 1.29 is 13.6 Å². The molecule has 2 heterocycles. The summed E-state index contributed by atoms with van der Waals surface area (Å²) in [7, 11) is 0. The Morgan fingerprint density at radius 2 is 1.83 bits per heavy atom. The van der Waals surface area contributed by atoms with Crippen molar-refractivity contribution in [3.63, 3.8) is 0 Å². The zero-order valence-corrected chi connectivity index (χ0v) is 15.4. The molecule has 0 saturated carbocycles. The van der Waals surface area contributed by atoms with Crippen LogP contribution in [0.4, 0.5) is 20.2 Å². The average molecular weight is 392 g/mol. The molecular weight excluding hydrogens is 374 g/mol. The molecule has 7 heteroatoms. The topological polar surface area (TPSA) is 69.8 Å². The number of nitrogens with zero attached hydrogens (tertiary/aromatic N) is 1. The summed E-state index contributed by atoms with van der Waals surface area (Å²) in [5, 5.41) is 6.61. The van der Waals surface area contributed by atoms with Crippen LogP contribution in [0.5, 0.6) is 0 Å². The van der Waals surface area contributed by atoms with Gasteiger partial charge in [0.15, 0.2) is 0 Å². The van der Waals surface area contributed by atoms with Crippen LogP contribution in [0.25, 0.3) is 10.9 Å². The van der Waals surface area contributed by atoms with Crippen LogP contribution in [-0.4, -0.2) is 22.4 Å². The zero-order chi connectivity index (χ0) is 20.2. The molecule has 0 radical (unpaired) electrons. The van der Waals surface area contributed by atoms with Crippen LogP contribution in [-0.2, 0) is 6.42 Å². The molecule has 0 aliphatic heterocycles. The first-order chi connectivity index (χ1) is 14.1. The number of halogens is 2. The Balaban J connectivity index is 1.41. The van der Waals surface area contributed by atoms with Gasteiger partial charge in [-0.25, -0.2) is 8.78 Å². The largest absolute Gasteiger partial charge is 0.361 e. The molecule has 2 aromatic carbocycles. The minimum Gasteiger partial charge on any atom is -0.361 e. The Morgan fingerprint density at radius 3 is 2.66 bits per heavy atom. The van der Waals surface area contributed by atoms with E-state index in [0.29, 0.717) is 24.2 Å². The summed E-state index contributed by atoms with van der Waals surface area (Å²) in [5.41, 5.74) is 2.50. The minimum absolute atomic E-state index is 0.286. The molecule has 29 heavy (non-hydrogen) atoms. The lowest BCUT2D eigenvalue weighted by Crippen LogP contribution is -2.25. The number of para-hydroxylation sites is 2. The number of benzene rings is 2. The lowest BCUT2D eigenvalue weighted by Gasteiger charge is -2.10. The number of amides is 1. The van der Waals surface area contributed by atoms with Crippen molar-refractivity contribution in [1.29, 1.82) is 0 Å². The first-order valence-electron chi connectivity index (χ1n) is 9.11. The highest BCUT2D eigenvalue weighted by Crippen LogP contribution is 2.23. The summed E-state index contributed by atoms with van der Waals surface area (Å²) in [5.74, 6) is -1.76. The van der Waals surface area contributed by atoms with E-state index >= 15 is 0 Å². The summed E-state index contributed by atoms with van der Waals surface area (Å²) in [6.45, 7) is 0.445. The minimum atomic E-state index is -0.724. The summed E-state index contributed by atoms with van der Waals surface area (Å²) in [4.78, 5) is 19.6. The molecule has 0 bridgehead atoms. The Labute approximate surface area is 165 Å². The monoisotopic (exact) mass is 392 g/mol. The van der Waals surface area contributed by atoms with Crippen molar-refractivity contribution in [2.24, 2.45) is 0 Å².